The Kier molecular flexibility index (Phi) is 8.11. The Morgan fingerprint density at radius 2 is 1.89 bits per heavy atom. The summed E-state index contributed by atoms with van der Waals surface area (Å²) < 4.78 is 0. The van der Waals surface area contributed by atoms with E-state index in [0.717, 1.165) is 19.4 Å². The van der Waals surface area contributed by atoms with Crippen molar-refractivity contribution in [3.63, 3.8) is 0 Å². The molecule has 0 saturated heterocycles. The molecule has 106 valence electrons. The van der Waals surface area contributed by atoms with Crippen LogP contribution in [0.5, 0.6) is 0 Å². The molecule has 6 heteroatoms. The quantitative estimate of drug-likeness (QED) is 0.170. The van der Waals surface area contributed by atoms with Gasteiger partial charge in [0.25, 0.3) is 0 Å². The number of carbonyl (C=O) groups is 1. The molecule has 0 fully saturated rings. The normalized spacial score (nSPS) is 12.5. The summed E-state index contributed by atoms with van der Waals surface area (Å²) in [5.41, 5.74) is 5.17. The van der Waals surface area contributed by atoms with Crippen LogP contribution in [-0.2, 0) is 4.79 Å². The van der Waals surface area contributed by atoms with Gasteiger partial charge in [-0.15, -0.1) is 0 Å². The number of rotatable bonds is 8. The van der Waals surface area contributed by atoms with Crippen LogP contribution in [0.4, 0.5) is 0 Å². The van der Waals surface area contributed by atoms with Crippen LogP contribution in [0.3, 0.4) is 0 Å². The zero-order chi connectivity index (χ0) is 14.0. The highest BCUT2D eigenvalue weighted by molar-refractivity contribution is 5.79. The van der Waals surface area contributed by atoms with Gasteiger partial charge in [-0.1, -0.05) is 5.16 Å². The lowest BCUT2D eigenvalue weighted by Gasteiger charge is -2.20. The van der Waals surface area contributed by atoms with Crippen LogP contribution < -0.4 is 16.4 Å². The number of hydrogen-bond acceptors (Lipinski definition) is 4. The van der Waals surface area contributed by atoms with Gasteiger partial charge in [-0.25, -0.2) is 0 Å². The molecule has 0 aromatic carbocycles. The first-order valence-electron chi connectivity index (χ1n) is 6.33. The summed E-state index contributed by atoms with van der Waals surface area (Å²) in [5.74, 6) is 0.325. The van der Waals surface area contributed by atoms with Crippen molar-refractivity contribution >= 4 is 11.7 Å². The predicted molar refractivity (Wildman–Crippen MR) is 72.6 cm³/mol. The van der Waals surface area contributed by atoms with E-state index in [1.54, 1.807) is 0 Å². The van der Waals surface area contributed by atoms with E-state index in [4.69, 9.17) is 10.9 Å². The lowest BCUT2D eigenvalue weighted by atomic mass is 10.1. The van der Waals surface area contributed by atoms with Crippen LogP contribution in [-0.4, -0.2) is 35.6 Å². The summed E-state index contributed by atoms with van der Waals surface area (Å²) in [6.45, 7) is 7.40. The van der Waals surface area contributed by atoms with Crippen molar-refractivity contribution in [2.45, 2.75) is 52.0 Å². The lowest BCUT2D eigenvalue weighted by molar-refractivity contribution is -0.122. The minimum Gasteiger partial charge on any atom is -0.409 e. The fourth-order valence-corrected chi connectivity index (χ4v) is 1.41. The largest absolute Gasteiger partial charge is 0.409 e. The van der Waals surface area contributed by atoms with Crippen molar-refractivity contribution in [1.82, 2.24) is 10.6 Å². The predicted octanol–water partition coefficient (Wildman–Crippen LogP) is 0.798. The van der Waals surface area contributed by atoms with Crippen LogP contribution >= 0.6 is 0 Å². The first-order chi connectivity index (χ1) is 8.35. The number of nitrogens with two attached hydrogens (primary N) is 1. The molecule has 6 nitrogen and oxygen atoms in total. The monoisotopic (exact) mass is 258 g/mol. The molecular formula is C12H26N4O2. The SMILES string of the molecule is CC(C)(C)NC(=O)CCNCCCCC(N)=NO. The molecule has 0 unspecified atom stereocenters. The van der Waals surface area contributed by atoms with E-state index in [9.17, 15) is 4.79 Å². The maximum Gasteiger partial charge on any atom is 0.221 e. The van der Waals surface area contributed by atoms with E-state index >= 15 is 0 Å². The van der Waals surface area contributed by atoms with Crippen molar-refractivity contribution in [3.8, 4) is 0 Å². The number of amidine groups is 1. The first-order valence-corrected chi connectivity index (χ1v) is 6.33. The maximum atomic E-state index is 11.5. The molecule has 18 heavy (non-hydrogen) atoms. The molecular weight excluding hydrogens is 232 g/mol. The molecule has 1 amide bonds. The molecule has 0 aliphatic heterocycles. The smallest absolute Gasteiger partial charge is 0.221 e. The number of nitrogens with zero attached hydrogens (tertiary/aromatic N) is 1. The van der Waals surface area contributed by atoms with E-state index in [1.807, 2.05) is 20.8 Å². The van der Waals surface area contributed by atoms with Crippen molar-refractivity contribution in [2.75, 3.05) is 13.1 Å². The first kappa shape index (κ1) is 16.7. The zero-order valence-electron chi connectivity index (χ0n) is 11.6. The maximum absolute atomic E-state index is 11.5. The van der Waals surface area contributed by atoms with Crippen LogP contribution in [0.15, 0.2) is 5.16 Å². The standard InChI is InChI=1S/C12H26N4O2/c1-12(2,3)15-11(17)7-9-14-8-5-4-6-10(13)16-18/h14,18H,4-9H2,1-3H3,(H2,13,16)(H,15,17). The minimum atomic E-state index is -0.168. The average Bonchev–Trinajstić information content (AvgIpc) is 2.25. The summed E-state index contributed by atoms with van der Waals surface area (Å²) in [4.78, 5) is 11.5. The van der Waals surface area contributed by atoms with Gasteiger partial charge in [-0.2, -0.15) is 0 Å². The highest BCUT2D eigenvalue weighted by atomic mass is 16.4. The highest BCUT2D eigenvalue weighted by Gasteiger charge is 2.12. The van der Waals surface area contributed by atoms with Gasteiger partial charge in [0, 0.05) is 24.9 Å². The fourth-order valence-electron chi connectivity index (χ4n) is 1.41. The molecule has 5 N–H and O–H groups in total. The van der Waals surface area contributed by atoms with Gasteiger partial charge in [0.2, 0.25) is 5.91 Å². The number of carbonyl (C=O) groups excluding carboxylic acids is 1. The third-order valence-electron chi connectivity index (χ3n) is 2.21. The van der Waals surface area contributed by atoms with E-state index in [2.05, 4.69) is 15.8 Å². The van der Waals surface area contributed by atoms with Crippen molar-refractivity contribution < 1.29 is 10.0 Å². The second-order valence-corrected chi connectivity index (χ2v) is 5.35. The Labute approximate surface area is 109 Å². The molecule has 0 radical (unpaired) electrons. The fraction of sp³-hybridized carbons (Fsp3) is 0.833. The Balaban J connectivity index is 3.38. The van der Waals surface area contributed by atoms with Gasteiger partial charge in [-0.05, 0) is 40.2 Å². The van der Waals surface area contributed by atoms with Crippen LogP contribution in [0.2, 0.25) is 0 Å². The number of amides is 1. The molecule has 0 spiro atoms. The second kappa shape index (κ2) is 8.74. The minimum absolute atomic E-state index is 0.0617. The van der Waals surface area contributed by atoms with E-state index in [0.29, 0.717) is 19.4 Å². The van der Waals surface area contributed by atoms with E-state index in [1.165, 1.54) is 0 Å². The van der Waals surface area contributed by atoms with Crippen LogP contribution in [0, 0.1) is 0 Å². The van der Waals surface area contributed by atoms with Crippen LogP contribution in [0.25, 0.3) is 0 Å². The Hall–Kier alpha value is -1.30. The topological polar surface area (TPSA) is 99.7 Å². The molecule has 0 aromatic rings. The zero-order valence-corrected chi connectivity index (χ0v) is 11.6. The van der Waals surface area contributed by atoms with E-state index in [-0.39, 0.29) is 17.3 Å². The molecule has 0 aromatic heterocycles. The summed E-state index contributed by atoms with van der Waals surface area (Å²) in [6.07, 6.45) is 2.90. The summed E-state index contributed by atoms with van der Waals surface area (Å²) in [7, 11) is 0. The van der Waals surface area contributed by atoms with Gasteiger partial charge >= 0.3 is 0 Å². The summed E-state index contributed by atoms with van der Waals surface area (Å²) >= 11 is 0. The Morgan fingerprint density at radius 1 is 1.22 bits per heavy atom. The number of hydrogen-bond donors (Lipinski definition) is 4. The molecule has 0 aliphatic carbocycles. The third kappa shape index (κ3) is 11.2. The van der Waals surface area contributed by atoms with Gasteiger partial charge in [-0.3, -0.25) is 4.79 Å². The van der Waals surface area contributed by atoms with Crippen molar-refractivity contribution in [1.29, 1.82) is 0 Å². The molecule has 0 aliphatic rings. The number of nitrogens with one attached hydrogen (secondary N) is 2. The average molecular weight is 258 g/mol. The Morgan fingerprint density at radius 3 is 2.44 bits per heavy atom. The third-order valence-corrected chi connectivity index (χ3v) is 2.21. The van der Waals surface area contributed by atoms with Gasteiger partial charge < -0.3 is 21.6 Å². The molecule has 0 rings (SSSR count). The van der Waals surface area contributed by atoms with E-state index < -0.39 is 0 Å². The van der Waals surface area contributed by atoms with Gasteiger partial charge in [0.1, 0.15) is 5.84 Å². The number of oxime groups is 1. The number of unbranched alkanes of at least 4 members (excludes halogenated alkanes) is 1. The van der Waals surface area contributed by atoms with Gasteiger partial charge in [0.05, 0.1) is 0 Å². The van der Waals surface area contributed by atoms with Crippen molar-refractivity contribution in [2.24, 2.45) is 10.9 Å². The summed E-state index contributed by atoms with van der Waals surface area (Å²) in [5, 5.41) is 17.3. The second-order valence-electron chi connectivity index (χ2n) is 5.35. The summed E-state index contributed by atoms with van der Waals surface area (Å²) in [6, 6.07) is 0. The Bertz CT molecular complexity index is 272. The molecule has 0 heterocycles. The van der Waals surface area contributed by atoms with Gasteiger partial charge in [0.15, 0.2) is 0 Å². The molecule has 0 atom stereocenters. The molecule has 0 bridgehead atoms. The van der Waals surface area contributed by atoms with Crippen molar-refractivity contribution in [3.05, 3.63) is 0 Å². The lowest BCUT2D eigenvalue weighted by Crippen LogP contribution is -2.41. The molecule has 0 saturated carbocycles. The highest BCUT2D eigenvalue weighted by Crippen LogP contribution is 1.98. The van der Waals surface area contributed by atoms with Crippen LogP contribution in [0.1, 0.15) is 46.5 Å².